The van der Waals surface area contributed by atoms with Crippen molar-refractivity contribution in [2.75, 3.05) is 27.2 Å². The van der Waals surface area contributed by atoms with Crippen molar-refractivity contribution in [1.29, 1.82) is 0 Å². The third-order valence-corrected chi connectivity index (χ3v) is 7.12. The molecule has 5 rings (SSSR count). The van der Waals surface area contributed by atoms with Crippen LogP contribution in [0.25, 0.3) is 0 Å². The molecule has 198 valence electrons. The fraction of sp³-hybridized carbons (Fsp3) is 0.480. The average molecular weight is 516 g/mol. The van der Waals surface area contributed by atoms with E-state index in [2.05, 4.69) is 10.3 Å². The van der Waals surface area contributed by atoms with E-state index in [9.17, 15) is 33.8 Å². The highest BCUT2D eigenvalue weighted by Crippen LogP contribution is 2.46. The number of benzene rings is 1. The maximum atomic E-state index is 13.3. The summed E-state index contributed by atoms with van der Waals surface area (Å²) in [6, 6.07) is 6.64. The van der Waals surface area contributed by atoms with Gasteiger partial charge in [0, 0.05) is 39.8 Å². The fourth-order valence-electron chi connectivity index (χ4n) is 5.23. The number of aliphatic hydroxyl groups is 2. The van der Waals surface area contributed by atoms with E-state index in [1.54, 1.807) is 0 Å². The van der Waals surface area contributed by atoms with Crippen LogP contribution < -0.4 is 10.9 Å². The van der Waals surface area contributed by atoms with Crippen molar-refractivity contribution >= 4 is 17.7 Å². The number of hydrogen-bond donors (Lipinski definition) is 3. The Morgan fingerprint density at radius 3 is 2.54 bits per heavy atom. The molecule has 1 aromatic carbocycles. The monoisotopic (exact) mass is 515 g/mol. The van der Waals surface area contributed by atoms with Crippen LogP contribution in [0, 0.1) is 11.7 Å². The van der Waals surface area contributed by atoms with Crippen molar-refractivity contribution in [3.8, 4) is 0 Å². The molecule has 0 radical (unpaired) electrons. The Bertz CT molecular complexity index is 1260. The minimum atomic E-state index is -1.59. The van der Waals surface area contributed by atoms with Gasteiger partial charge in [-0.25, -0.2) is 9.37 Å². The molecule has 2 aliphatic heterocycles. The molecule has 2 aromatic rings. The van der Waals surface area contributed by atoms with Gasteiger partial charge in [-0.15, -0.1) is 0 Å². The van der Waals surface area contributed by atoms with Gasteiger partial charge in [0.1, 0.15) is 22.9 Å². The van der Waals surface area contributed by atoms with Crippen LogP contribution in [0.2, 0.25) is 0 Å². The van der Waals surface area contributed by atoms with E-state index in [1.165, 1.54) is 42.9 Å². The summed E-state index contributed by atoms with van der Waals surface area (Å²) in [4.78, 5) is 58.8. The van der Waals surface area contributed by atoms with Crippen LogP contribution in [0.5, 0.6) is 0 Å². The number of carbonyl (C=O) groups excluding carboxylic acids is 3. The third-order valence-electron chi connectivity index (χ3n) is 7.12. The first-order valence-electron chi connectivity index (χ1n) is 12.1. The lowest BCUT2D eigenvalue weighted by Crippen LogP contribution is -2.62. The van der Waals surface area contributed by atoms with E-state index in [1.807, 2.05) is 0 Å². The number of nitrogens with one attached hydrogen (secondary N) is 1. The average Bonchev–Trinajstić information content (AvgIpc) is 3.10. The fourth-order valence-corrected chi connectivity index (χ4v) is 5.23. The zero-order valence-corrected chi connectivity index (χ0v) is 20.7. The molecule has 3 aliphatic rings. The summed E-state index contributed by atoms with van der Waals surface area (Å²) in [5.41, 5.74) is -1.71. The lowest BCUT2D eigenvalue weighted by molar-refractivity contribution is -0.162. The minimum Gasteiger partial charge on any atom is -0.395 e. The summed E-state index contributed by atoms with van der Waals surface area (Å²) in [6.07, 6.45) is -0.203. The first-order chi connectivity index (χ1) is 17.6. The zero-order chi connectivity index (χ0) is 26.9. The third kappa shape index (κ3) is 4.86. The summed E-state index contributed by atoms with van der Waals surface area (Å²) >= 11 is 0. The lowest BCUT2D eigenvalue weighted by Gasteiger charge is -2.48. The highest BCUT2D eigenvalue weighted by molar-refractivity contribution is 6.35. The smallest absolute Gasteiger partial charge is 0.313 e. The largest absolute Gasteiger partial charge is 0.395 e. The molecule has 12 heteroatoms. The van der Waals surface area contributed by atoms with E-state index < -0.39 is 47.3 Å². The van der Waals surface area contributed by atoms with Gasteiger partial charge < -0.3 is 25.3 Å². The van der Waals surface area contributed by atoms with Crippen molar-refractivity contribution in [1.82, 2.24) is 24.7 Å². The van der Waals surface area contributed by atoms with E-state index in [-0.39, 0.29) is 49.9 Å². The van der Waals surface area contributed by atoms with Gasteiger partial charge >= 0.3 is 11.8 Å². The van der Waals surface area contributed by atoms with Crippen molar-refractivity contribution in [3.05, 3.63) is 63.6 Å². The lowest BCUT2D eigenvalue weighted by atomic mass is 9.73. The summed E-state index contributed by atoms with van der Waals surface area (Å²) < 4.78 is 14.5. The number of likely N-dealkylation sites (N-methyl/N-ethyl adjacent to an activating group) is 1. The molecule has 1 fully saturated rings. The van der Waals surface area contributed by atoms with Crippen LogP contribution in [0.1, 0.15) is 41.1 Å². The number of hydrogen-bond acceptors (Lipinski definition) is 7. The number of amides is 3. The van der Waals surface area contributed by atoms with Crippen molar-refractivity contribution < 1.29 is 29.0 Å². The summed E-state index contributed by atoms with van der Waals surface area (Å²) in [5.74, 6) is -2.96. The molecule has 1 aromatic heterocycles. The second kappa shape index (κ2) is 10.4. The van der Waals surface area contributed by atoms with Gasteiger partial charge in [0.05, 0.1) is 12.7 Å². The van der Waals surface area contributed by atoms with Crippen LogP contribution in [0.4, 0.5) is 4.39 Å². The highest BCUT2D eigenvalue weighted by atomic mass is 19.1. The molecule has 1 aliphatic carbocycles. The topological polar surface area (TPSA) is 145 Å². The number of aliphatic hydroxyl groups excluding tert-OH is 2. The number of nitrogens with zero attached hydrogens (tertiary/aromatic N) is 4. The van der Waals surface area contributed by atoms with Crippen LogP contribution in [0.3, 0.4) is 0 Å². The molecule has 11 nitrogen and oxygen atoms in total. The van der Waals surface area contributed by atoms with Crippen LogP contribution in [0.15, 0.2) is 35.1 Å². The van der Waals surface area contributed by atoms with E-state index in [0.717, 1.165) is 15.9 Å². The number of carbonyl (C=O) groups is 3. The minimum absolute atomic E-state index is 0.00721. The van der Waals surface area contributed by atoms with Gasteiger partial charge in [-0.3, -0.25) is 23.7 Å². The SMILES string of the molecule is CN(C)C(=O)C(=O)N(CCO)C12CCC(C[C@@H]1O)Cn1c2nc(C(=O)NCc2ccc(F)cc2)cc1=O. The van der Waals surface area contributed by atoms with Crippen molar-refractivity contribution in [2.24, 2.45) is 5.92 Å². The molecular weight excluding hydrogens is 485 g/mol. The molecule has 2 bridgehead atoms. The van der Waals surface area contributed by atoms with Crippen LogP contribution in [-0.2, 0) is 28.2 Å². The molecule has 2 unspecified atom stereocenters. The first-order valence-corrected chi connectivity index (χ1v) is 12.1. The molecule has 37 heavy (non-hydrogen) atoms. The molecule has 0 saturated heterocycles. The predicted octanol–water partition coefficient (Wildman–Crippen LogP) is -0.409. The normalized spacial score (nSPS) is 22.1. The molecule has 1 saturated carbocycles. The van der Waals surface area contributed by atoms with Gasteiger partial charge in [-0.2, -0.15) is 0 Å². The molecule has 3 atom stereocenters. The van der Waals surface area contributed by atoms with Gasteiger partial charge in [0.25, 0.3) is 11.5 Å². The molecule has 3 amide bonds. The van der Waals surface area contributed by atoms with Crippen LogP contribution in [-0.4, -0.2) is 80.6 Å². The Kier molecular flexibility index (Phi) is 7.42. The number of fused-ring (bicyclic) bond motifs is 2. The van der Waals surface area contributed by atoms with Gasteiger partial charge in [-0.05, 0) is 42.9 Å². The number of aromatic nitrogens is 2. The zero-order valence-electron chi connectivity index (χ0n) is 20.7. The highest BCUT2D eigenvalue weighted by Gasteiger charge is 2.56. The standard InChI is InChI=1S/C25H30FN5O6/c1-29(2)22(36)23(37)31(9-10-32)25-8-7-16(11-19(25)33)14-30-20(34)12-18(28-24(25)30)21(35)27-13-15-3-5-17(26)6-4-15/h3-6,12,16,19,32-33H,7-11,13-14H2,1-2H3,(H,27,35)/t16?,19-,25?/m0/s1. The Labute approximate surface area is 212 Å². The van der Waals surface area contributed by atoms with Gasteiger partial charge in [-0.1, -0.05) is 12.1 Å². The van der Waals surface area contributed by atoms with E-state index >= 15 is 0 Å². The molecule has 0 spiro atoms. The van der Waals surface area contributed by atoms with Crippen LogP contribution >= 0.6 is 0 Å². The van der Waals surface area contributed by atoms with Crippen molar-refractivity contribution in [2.45, 2.75) is 44.0 Å². The quantitative estimate of drug-likeness (QED) is 0.444. The maximum Gasteiger partial charge on any atom is 0.313 e. The van der Waals surface area contributed by atoms with Gasteiger partial charge in [0.2, 0.25) is 0 Å². The number of rotatable bonds is 6. The summed E-state index contributed by atoms with van der Waals surface area (Å²) in [5, 5.41) is 23.8. The van der Waals surface area contributed by atoms with E-state index in [4.69, 9.17) is 0 Å². The molecular formula is C25H30FN5O6. The van der Waals surface area contributed by atoms with Gasteiger partial charge in [0.15, 0.2) is 0 Å². The van der Waals surface area contributed by atoms with E-state index in [0.29, 0.717) is 12.0 Å². The number of halogens is 1. The molecule has 3 heterocycles. The Morgan fingerprint density at radius 2 is 1.92 bits per heavy atom. The summed E-state index contributed by atoms with van der Waals surface area (Å²) in [7, 11) is 2.82. The summed E-state index contributed by atoms with van der Waals surface area (Å²) in [6.45, 7) is -0.481. The Hall–Kier alpha value is -3.64. The second-order valence-electron chi connectivity index (χ2n) is 9.68. The predicted molar refractivity (Wildman–Crippen MR) is 129 cm³/mol. The maximum absolute atomic E-state index is 13.3. The second-order valence-corrected chi connectivity index (χ2v) is 9.68. The van der Waals surface area contributed by atoms with Crippen molar-refractivity contribution in [3.63, 3.8) is 0 Å². The first kappa shape index (κ1) is 26.4. The molecule has 3 N–H and O–H groups in total. The Balaban J connectivity index is 1.78. The Morgan fingerprint density at radius 1 is 1.22 bits per heavy atom.